The molecule has 0 amide bonds. The average Bonchev–Trinajstić information content (AvgIpc) is 2.74. The van der Waals surface area contributed by atoms with Crippen molar-refractivity contribution in [2.24, 2.45) is 5.73 Å². The van der Waals surface area contributed by atoms with Crippen molar-refractivity contribution >= 4 is 11.3 Å². The normalized spacial score (nSPS) is 15.2. The molecule has 0 aliphatic heterocycles. The second-order valence-electron chi connectivity index (χ2n) is 4.75. The third-order valence-corrected chi connectivity index (χ3v) is 4.00. The number of nitrogens with zero attached hydrogens (tertiary/aromatic N) is 1. The molecule has 0 fully saturated rings. The predicted octanol–water partition coefficient (Wildman–Crippen LogP) is 2.01. The molecule has 3 nitrogen and oxygen atoms in total. The van der Waals surface area contributed by atoms with Crippen LogP contribution in [0.1, 0.15) is 35.6 Å². The van der Waals surface area contributed by atoms with Crippen molar-refractivity contribution in [3.8, 4) is 0 Å². The van der Waals surface area contributed by atoms with E-state index in [0.29, 0.717) is 0 Å². The van der Waals surface area contributed by atoms with E-state index < -0.39 is 6.10 Å². The third-order valence-electron chi connectivity index (χ3n) is 2.79. The van der Waals surface area contributed by atoms with Crippen LogP contribution in [-0.2, 0) is 6.42 Å². The van der Waals surface area contributed by atoms with Gasteiger partial charge in [-0.3, -0.25) is 0 Å². The molecule has 0 aliphatic rings. The zero-order valence-corrected chi connectivity index (χ0v) is 11.8. The lowest BCUT2D eigenvalue weighted by molar-refractivity contribution is 0.141. The number of aliphatic hydroxyl groups is 1. The van der Waals surface area contributed by atoms with Gasteiger partial charge in [0, 0.05) is 15.8 Å². The van der Waals surface area contributed by atoms with E-state index in [4.69, 9.17) is 5.73 Å². The first-order chi connectivity index (χ1) is 8.04. The zero-order chi connectivity index (χ0) is 12.8. The molecular weight excluding hydrogens is 232 g/mol. The minimum atomic E-state index is -0.523. The minimum absolute atomic E-state index is 0.175. The smallest absolute Gasteiger partial charge is 0.103 e. The molecule has 0 saturated heterocycles. The average molecular weight is 256 g/mol. The molecule has 17 heavy (non-hydrogen) atoms. The highest BCUT2D eigenvalue weighted by Gasteiger charge is 2.18. The summed E-state index contributed by atoms with van der Waals surface area (Å²) in [6.07, 6.45) is 2.52. The Morgan fingerprint density at radius 2 is 2.12 bits per heavy atom. The van der Waals surface area contributed by atoms with Crippen molar-refractivity contribution in [2.45, 2.75) is 38.3 Å². The largest absolute Gasteiger partial charge is 0.386 e. The van der Waals surface area contributed by atoms with Crippen molar-refractivity contribution in [3.63, 3.8) is 0 Å². The Kier molecular flexibility index (Phi) is 6.12. The maximum Gasteiger partial charge on any atom is 0.103 e. The molecule has 1 heterocycles. The molecule has 0 spiro atoms. The maximum atomic E-state index is 10.2. The lowest BCUT2D eigenvalue weighted by Crippen LogP contribution is -2.31. The van der Waals surface area contributed by atoms with Gasteiger partial charge in [-0.25, -0.2) is 0 Å². The molecule has 0 saturated carbocycles. The van der Waals surface area contributed by atoms with Gasteiger partial charge < -0.3 is 15.7 Å². The fourth-order valence-electron chi connectivity index (χ4n) is 1.71. The van der Waals surface area contributed by atoms with Gasteiger partial charge >= 0.3 is 0 Å². The fourth-order valence-corrected chi connectivity index (χ4v) is 2.89. The van der Waals surface area contributed by atoms with Crippen LogP contribution in [0.25, 0.3) is 0 Å². The third kappa shape index (κ3) is 4.76. The van der Waals surface area contributed by atoms with Crippen LogP contribution in [0.4, 0.5) is 0 Å². The van der Waals surface area contributed by atoms with Gasteiger partial charge in [-0.05, 0) is 45.6 Å². The molecule has 1 aromatic heterocycles. The summed E-state index contributed by atoms with van der Waals surface area (Å²) in [6.45, 7) is 3.07. The quantitative estimate of drug-likeness (QED) is 0.784. The number of thiophene rings is 1. The van der Waals surface area contributed by atoms with Gasteiger partial charge in [-0.1, -0.05) is 13.3 Å². The van der Waals surface area contributed by atoms with Crippen LogP contribution in [0.15, 0.2) is 12.1 Å². The van der Waals surface area contributed by atoms with Crippen LogP contribution in [0, 0.1) is 0 Å². The SMILES string of the molecule is CCCc1ccc(C(O)C(N)CCN(C)C)s1. The molecule has 0 radical (unpaired) electrons. The number of rotatable bonds is 7. The molecule has 1 rings (SSSR count). The summed E-state index contributed by atoms with van der Waals surface area (Å²) < 4.78 is 0. The Morgan fingerprint density at radius 1 is 1.41 bits per heavy atom. The summed E-state index contributed by atoms with van der Waals surface area (Å²) in [6, 6.07) is 3.94. The Morgan fingerprint density at radius 3 is 2.71 bits per heavy atom. The standard InChI is InChI=1S/C13H24N2OS/c1-4-5-10-6-7-12(17-10)13(16)11(14)8-9-15(2)3/h6-7,11,13,16H,4-5,8-9,14H2,1-3H3. The molecule has 4 heteroatoms. The number of aliphatic hydroxyl groups excluding tert-OH is 1. The van der Waals surface area contributed by atoms with Crippen molar-refractivity contribution in [3.05, 3.63) is 21.9 Å². The Hall–Kier alpha value is -0.420. The predicted molar refractivity (Wildman–Crippen MR) is 74.4 cm³/mol. The van der Waals surface area contributed by atoms with E-state index in [1.165, 1.54) is 4.88 Å². The zero-order valence-electron chi connectivity index (χ0n) is 11.0. The van der Waals surface area contributed by atoms with Gasteiger partial charge in [-0.15, -0.1) is 11.3 Å². The molecule has 0 bridgehead atoms. The summed E-state index contributed by atoms with van der Waals surface area (Å²) in [5, 5.41) is 10.2. The molecular formula is C13H24N2OS. The van der Waals surface area contributed by atoms with E-state index in [0.717, 1.165) is 30.7 Å². The Balaban J connectivity index is 2.52. The van der Waals surface area contributed by atoms with Crippen LogP contribution in [0.5, 0.6) is 0 Å². The van der Waals surface area contributed by atoms with Crippen LogP contribution in [0.2, 0.25) is 0 Å². The second kappa shape index (κ2) is 7.11. The van der Waals surface area contributed by atoms with Crippen LogP contribution in [0.3, 0.4) is 0 Å². The topological polar surface area (TPSA) is 49.5 Å². The number of hydrogen-bond acceptors (Lipinski definition) is 4. The van der Waals surface area contributed by atoms with E-state index in [2.05, 4.69) is 17.9 Å². The van der Waals surface area contributed by atoms with Gasteiger partial charge in [0.05, 0.1) is 0 Å². The molecule has 0 aliphatic carbocycles. The maximum absolute atomic E-state index is 10.2. The van der Waals surface area contributed by atoms with Crippen molar-refractivity contribution < 1.29 is 5.11 Å². The van der Waals surface area contributed by atoms with E-state index in [1.807, 2.05) is 20.2 Å². The fraction of sp³-hybridized carbons (Fsp3) is 0.692. The molecule has 3 N–H and O–H groups in total. The van der Waals surface area contributed by atoms with Gasteiger partial charge in [0.15, 0.2) is 0 Å². The number of hydrogen-bond donors (Lipinski definition) is 2. The lowest BCUT2D eigenvalue weighted by Gasteiger charge is -2.19. The van der Waals surface area contributed by atoms with E-state index >= 15 is 0 Å². The second-order valence-corrected chi connectivity index (χ2v) is 5.95. The van der Waals surface area contributed by atoms with Crippen LogP contribution < -0.4 is 5.73 Å². The molecule has 2 unspecified atom stereocenters. The summed E-state index contributed by atoms with van der Waals surface area (Å²) in [4.78, 5) is 4.42. The van der Waals surface area contributed by atoms with Crippen LogP contribution >= 0.6 is 11.3 Å². The molecule has 98 valence electrons. The first-order valence-electron chi connectivity index (χ1n) is 6.21. The van der Waals surface area contributed by atoms with E-state index in [-0.39, 0.29) is 6.04 Å². The van der Waals surface area contributed by atoms with Gasteiger partial charge in [0.2, 0.25) is 0 Å². The number of aryl methyl sites for hydroxylation is 1. The highest BCUT2D eigenvalue weighted by atomic mass is 32.1. The van der Waals surface area contributed by atoms with Gasteiger partial charge in [0.25, 0.3) is 0 Å². The van der Waals surface area contributed by atoms with E-state index in [1.54, 1.807) is 11.3 Å². The summed E-state index contributed by atoms with van der Waals surface area (Å²) in [7, 11) is 4.03. The first kappa shape index (κ1) is 14.6. The minimum Gasteiger partial charge on any atom is -0.386 e. The number of nitrogens with two attached hydrogens (primary N) is 1. The van der Waals surface area contributed by atoms with Crippen LogP contribution in [-0.4, -0.2) is 36.7 Å². The van der Waals surface area contributed by atoms with E-state index in [9.17, 15) is 5.11 Å². The van der Waals surface area contributed by atoms with Crippen molar-refractivity contribution in [2.75, 3.05) is 20.6 Å². The Bertz CT molecular complexity index is 325. The highest BCUT2D eigenvalue weighted by Crippen LogP contribution is 2.26. The highest BCUT2D eigenvalue weighted by molar-refractivity contribution is 7.12. The monoisotopic (exact) mass is 256 g/mol. The molecule has 1 aromatic rings. The molecule has 0 aromatic carbocycles. The van der Waals surface area contributed by atoms with Gasteiger partial charge in [-0.2, -0.15) is 0 Å². The lowest BCUT2D eigenvalue weighted by atomic mass is 10.1. The summed E-state index contributed by atoms with van der Waals surface area (Å²) >= 11 is 1.68. The first-order valence-corrected chi connectivity index (χ1v) is 7.03. The summed E-state index contributed by atoms with van der Waals surface area (Å²) in [5.74, 6) is 0. The Labute approximate surface area is 108 Å². The summed E-state index contributed by atoms with van der Waals surface area (Å²) in [5.41, 5.74) is 6.01. The van der Waals surface area contributed by atoms with Crippen molar-refractivity contribution in [1.82, 2.24) is 4.90 Å². The van der Waals surface area contributed by atoms with Gasteiger partial charge in [0.1, 0.15) is 6.10 Å². The van der Waals surface area contributed by atoms with Crippen molar-refractivity contribution in [1.29, 1.82) is 0 Å². The molecule has 2 atom stereocenters.